The maximum atomic E-state index is 11.8. The molecule has 6 rings (SSSR count). The summed E-state index contributed by atoms with van der Waals surface area (Å²) in [7, 11) is 0. The minimum atomic E-state index is -0.384. The van der Waals surface area contributed by atoms with Gasteiger partial charge in [-0.1, -0.05) is 18.2 Å². The zero-order chi connectivity index (χ0) is 26.8. The number of thioether (sulfide) groups is 1. The minimum Gasteiger partial charge on any atom is -0.454 e. The second-order valence-corrected chi connectivity index (χ2v) is 10.9. The predicted octanol–water partition coefficient (Wildman–Crippen LogP) is 4.92. The third-order valence-corrected chi connectivity index (χ3v) is 7.73. The summed E-state index contributed by atoms with van der Waals surface area (Å²) in [5, 5.41) is 6.58. The topological polar surface area (TPSA) is 113 Å². The molecule has 0 radical (unpaired) electrons. The molecule has 9 nitrogen and oxygen atoms in total. The number of benzene rings is 1. The fraction of sp³-hybridized carbons (Fsp3) is 0.276. The molecule has 2 saturated heterocycles. The number of fused-ring (bicyclic) bond motifs is 1. The highest BCUT2D eigenvalue weighted by Gasteiger charge is 2.26. The number of hydrogen-bond donors (Lipinski definition) is 2. The van der Waals surface area contributed by atoms with Crippen molar-refractivity contribution < 1.29 is 14.0 Å². The van der Waals surface area contributed by atoms with E-state index in [2.05, 4.69) is 44.6 Å². The number of aromatic nitrogens is 3. The highest BCUT2D eigenvalue weighted by atomic mass is 32.2. The van der Waals surface area contributed by atoms with Crippen molar-refractivity contribution in [2.45, 2.75) is 26.3 Å². The summed E-state index contributed by atoms with van der Waals surface area (Å²) < 4.78 is 6.03. The SMILES string of the molecule is Cc1cc(CNCC2CCN(c3nccc(C=C4SC(=O)NC4=O)n3)CC2)nc(-c2cc3ccccc3o2)c1. The van der Waals surface area contributed by atoms with Crippen LogP contribution >= 0.6 is 11.8 Å². The molecule has 10 heteroatoms. The van der Waals surface area contributed by atoms with Crippen molar-refractivity contribution in [3.63, 3.8) is 0 Å². The molecule has 39 heavy (non-hydrogen) atoms. The second kappa shape index (κ2) is 11.0. The Morgan fingerprint density at radius 3 is 2.77 bits per heavy atom. The van der Waals surface area contributed by atoms with E-state index >= 15 is 0 Å². The molecular formula is C29H28N6O3S. The van der Waals surface area contributed by atoms with E-state index in [0.29, 0.717) is 29.0 Å². The van der Waals surface area contributed by atoms with E-state index in [-0.39, 0.29) is 11.1 Å². The van der Waals surface area contributed by atoms with Gasteiger partial charge < -0.3 is 14.6 Å². The summed E-state index contributed by atoms with van der Waals surface area (Å²) in [4.78, 5) is 39.7. The lowest BCUT2D eigenvalue weighted by Crippen LogP contribution is -2.38. The Kier molecular flexibility index (Phi) is 7.12. The van der Waals surface area contributed by atoms with Crippen LogP contribution in [0.3, 0.4) is 0 Å². The highest BCUT2D eigenvalue weighted by molar-refractivity contribution is 8.18. The van der Waals surface area contributed by atoms with Crippen LogP contribution in [0.15, 0.2) is 64.1 Å². The van der Waals surface area contributed by atoms with Gasteiger partial charge in [-0.2, -0.15) is 0 Å². The quantitative estimate of drug-likeness (QED) is 0.315. The molecule has 2 aliphatic rings. The first kappa shape index (κ1) is 25.3. The number of nitrogens with one attached hydrogen (secondary N) is 2. The van der Waals surface area contributed by atoms with Crippen LogP contribution in [0.5, 0.6) is 0 Å². The summed E-state index contributed by atoms with van der Waals surface area (Å²) in [6.45, 7) is 5.42. The van der Waals surface area contributed by atoms with Gasteiger partial charge in [-0.15, -0.1) is 0 Å². The number of furan rings is 1. The number of amides is 2. The summed E-state index contributed by atoms with van der Waals surface area (Å²) in [6.07, 6.45) is 5.38. The number of carbonyl (C=O) groups is 2. The number of carbonyl (C=O) groups excluding carboxylic acids is 2. The van der Waals surface area contributed by atoms with E-state index in [1.165, 1.54) is 0 Å². The lowest BCUT2D eigenvalue weighted by atomic mass is 9.97. The van der Waals surface area contributed by atoms with Gasteiger partial charge >= 0.3 is 0 Å². The van der Waals surface area contributed by atoms with E-state index in [9.17, 15) is 9.59 Å². The molecule has 4 aromatic rings. The van der Waals surface area contributed by atoms with Crippen LogP contribution in [0.4, 0.5) is 10.7 Å². The fourth-order valence-corrected chi connectivity index (χ4v) is 5.62. The van der Waals surface area contributed by atoms with Crippen LogP contribution in [0.2, 0.25) is 0 Å². The number of nitrogens with zero attached hydrogens (tertiary/aromatic N) is 4. The molecule has 2 aliphatic heterocycles. The first-order valence-electron chi connectivity index (χ1n) is 13.0. The number of para-hydroxylation sites is 1. The third kappa shape index (κ3) is 5.86. The minimum absolute atomic E-state index is 0.349. The van der Waals surface area contributed by atoms with Gasteiger partial charge in [-0.25, -0.2) is 15.0 Å². The molecule has 0 saturated carbocycles. The van der Waals surface area contributed by atoms with Crippen molar-refractivity contribution in [3.8, 4) is 11.5 Å². The predicted molar refractivity (Wildman–Crippen MR) is 152 cm³/mol. The maximum Gasteiger partial charge on any atom is 0.290 e. The third-order valence-electron chi connectivity index (χ3n) is 6.92. The van der Waals surface area contributed by atoms with Crippen LogP contribution in [0.1, 0.15) is 29.8 Å². The molecule has 0 bridgehead atoms. The Labute approximate surface area is 230 Å². The summed E-state index contributed by atoms with van der Waals surface area (Å²) in [5.74, 6) is 1.60. The van der Waals surface area contributed by atoms with Gasteiger partial charge in [0.2, 0.25) is 5.95 Å². The molecule has 198 valence electrons. The van der Waals surface area contributed by atoms with E-state index in [1.807, 2.05) is 30.3 Å². The standard InChI is InChI=1S/C29H28N6O3S/c1-18-12-22(32-23(13-18)25-14-20-4-2-3-5-24(20)38-25)17-30-16-19-7-10-35(11-8-19)28-31-9-6-21(33-28)15-26-27(36)34-29(37)39-26/h2-6,9,12-15,19,30H,7-8,10-11,16-17H2,1H3,(H,34,36,37). The molecule has 2 N–H and O–H groups in total. The molecule has 3 aromatic heterocycles. The Hall–Kier alpha value is -4.02. The first-order valence-corrected chi connectivity index (χ1v) is 13.8. The lowest BCUT2D eigenvalue weighted by molar-refractivity contribution is -0.115. The smallest absolute Gasteiger partial charge is 0.290 e. The first-order chi connectivity index (χ1) is 19.0. The molecule has 5 heterocycles. The molecular weight excluding hydrogens is 512 g/mol. The Bertz CT molecular complexity index is 1540. The number of imide groups is 1. The molecule has 0 aliphatic carbocycles. The summed E-state index contributed by atoms with van der Waals surface area (Å²) >= 11 is 0.889. The van der Waals surface area contributed by atoms with E-state index < -0.39 is 0 Å². The van der Waals surface area contributed by atoms with E-state index in [0.717, 1.165) is 77.9 Å². The molecule has 0 atom stereocenters. The molecule has 2 fully saturated rings. The Balaban J connectivity index is 1.02. The van der Waals surface area contributed by atoms with Crippen LogP contribution in [0.25, 0.3) is 28.5 Å². The highest BCUT2D eigenvalue weighted by Crippen LogP contribution is 2.28. The van der Waals surface area contributed by atoms with Crippen molar-refractivity contribution >= 4 is 45.9 Å². The largest absolute Gasteiger partial charge is 0.454 e. The molecule has 0 spiro atoms. The Morgan fingerprint density at radius 2 is 1.97 bits per heavy atom. The van der Waals surface area contributed by atoms with Crippen LogP contribution < -0.4 is 15.5 Å². The van der Waals surface area contributed by atoms with Crippen molar-refractivity contribution in [1.29, 1.82) is 0 Å². The zero-order valence-electron chi connectivity index (χ0n) is 21.5. The summed E-state index contributed by atoms with van der Waals surface area (Å²) in [5.41, 5.74) is 4.49. The van der Waals surface area contributed by atoms with Crippen LogP contribution in [-0.4, -0.2) is 45.7 Å². The van der Waals surface area contributed by atoms with Gasteiger partial charge in [0.05, 0.1) is 16.3 Å². The lowest BCUT2D eigenvalue weighted by Gasteiger charge is -2.32. The second-order valence-electron chi connectivity index (χ2n) is 9.86. The number of piperidine rings is 1. The van der Waals surface area contributed by atoms with Crippen molar-refractivity contribution in [1.82, 2.24) is 25.6 Å². The normalized spacial score (nSPS) is 17.4. The van der Waals surface area contributed by atoms with Crippen LogP contribution in [-0.2, 0) is 11.3 Å². The monoisotopic (exact) mass is 540 g/mol. The number of rotatable bonds is 7. The van der Waals surface area contributed by atoms with Gasteiger partial charge in [0, 0.05) is 31.2 Å². The molecule has 1 aromatic carbocycles. The van der Waals surface area contributed by atoms with Gasteiger partial charge in [0.1, 0.15) is 11.3 Å². The van der Waals surface area contributed by atoms with E-state index in [4.69, 9.17) is 9.40 Å². The van der Waals surface area contributed by atoms with Gasteiger partial charge in [-0.3, -0.25) is 14.9 Å². The van der Waals surface area contributed by atoms with Crippen LogP contribution in [0, 0.1) is 12.8 Å². The average molecular weight is 541 g/mol. The fourth-order valence-electron chi connectivity index (χ4n) is 4.96. The van der Waals surface area contributed by atoms with Crippen molar-refractivity contribution in [2.75, 3.05) is 24.5 Å². The van der Waals surface area contributed by atoms with Gasteiger partial charge in [0.15, 0.2) is 5.76 Å². The number of pyridine rings is 1. The van der Waals surface area contributed by atoms with Crippen molar-refractivity contribution in [2.24, 2.45) is 5.92 Å². The van der Waals surface area contributed by atoms with Crippen molar-refractivity contribution in [3.05, 3.63) is 76.6 Å². The van der Waals surface area contributed by atoms with Gasteiger partial charge in [0.25, 0.3) is 11.1 Å². The number of anilines is 1. The molecule has 0 unspecified atom stereocenters. The molecule has 2 amide bonds. The number of hydrogen-bond acceptors (Lipinski definition) is 9. The maximum absolute atomic E-state index is 11.8. The Morgan fingerprint density at radius 1 is 1.13 bits per heavy atom. The van der Waals surface area contributed by atoms with E-state index in [1.54, 1.807) is 18.3 Å². The van der Waals surface area contributed by atoms with Gasteiger partial charge in [-0.05, 0) is 86.0 Å². The summed E-state index contributed by atoms with van der Waals surface area (Å²) in [6, 6.07) is 16.0. The zero-order valence-corrected chi connectivity index (χ0v) is 22.3. The number of aryl methyl sites for hydroxylation is 1. The average Bonchev–Trinajstić information content (AvgIpc) is 3.51.